The molecule has 7 nitrogen and oxygen atoms in total. The number of ether oxygens (including phenoxy) is 1. The van der Waals surface area contributed by atoms with Crippen LogP contribution < -0.4 is 11.2 Å². The van der Waals surface area contributed by atoms with Crippen LogP contribution in [0.5, 0.6) is 0 Å². The van der Waals surface area contributed by atoms with Crippen LogP contribution >= 0.6 is 0 Å². The number of hydrogen-bond acceptors (Lipinski definition) is 5. The molecule has 2 N–H and O–H groups in total. The second-order valence-electron chi connectivity index (χ2n) is 4.03. The van der Waals surface area contributed by atoms with E-state index >= 15 is 0 Å². The van der Waals surface area contributed by atoms with Crippen molar-refractivity contribution in [3.63, 3.8) is 0 Å². The summed E-state index contributed by atoms with van der Waals surface area (Å²) in [7, 11) is 1.29. The number of rotatable bonds is 3. The number of ketones is 1. The van der Waals surface area contributed by atoms with Crippen molar-refractivity contribution < 1.29 is 19.0 Å². The van der Waals surface area contributed by atoms with Crippen LogP contribution in [0.4, 0.5) is 4.39 Å². The van der Waals surface area contributed by atoms with Crippen LogP contribution in [0.1, 0.15) is 6.04 Å². The van der Waals surface area contributed by atoms with Crippen molar-refractivity contribution in [3.8, 4) is 0 Å². The monoisotopic (exact) mass is 270 g/mol. The van der Waals surface area contributed by atoms with Crippen molar-refractivity contribution in [2.75, 3.05) is 13.7 Å². The molecule has 1 aromatic heterocycles. The van der Waals surface area contributed by atoms with Crippen molar-refractivity contribution in [3.05, 3.63) is 44.5 Å². The van der Waals surface area contributed by atoms with E-state index in [0.29, 0.717) is 0 Å². The average molecular weight is 270 g/mol. The van der Waals surface area contributed by atoms with Crippen LogP contribution in [0.25, 0.3) is 0 Å². The minimum atomic E-state index is -1.65. The molecule has 8 heteroatoms. The first-order valence-electron chi connectivity index (χ1n) is 5.38. The maximum Gasteiger partial charge on any atom is 0.329 e. The molecule has 0 fully saturated rings. The largest absolute Gasteiger partial charge is 0.381 e. The third-order valence-corrected chi connectivity index (χ3v) is 2.85. The first-order chi connectivity index (χ1) is 8.97. The number of carbonyl (C=O) groups excluding carboxylic acids is 1. The van der Waals surface area contributed by atoms with E-state index in [4.69, 9.17) is 4.74 Å². The van der Waals surface area contributed by atoms with Crippen LogP contribution in [-0.2, 0) is 9.53 Å². The predicted molar refractivity (Wildman–Crippen MR) is 61.4 cm³/mol. The molecule has 2 atom stereocenters. The van der Waals surface area contributed by atoms with Gasteiger partial charge in [-0.3, -0.25) is 19.1 Å². The lowest BCUT2D eigenvalue weighted by Crippen LogP contribution is -2.35. The molecule has 1 aliphatic rings. The summed E-state index contributed by atoms with van der Waals surface area (Å²) in [6.45, 7) is -0.257. The molecule has 1 unspecified atom stereocenters. The van der Waals surface area contributed by atoms with E-state index in [1.165, 1.54) is 7.11 Å². The minimum absolute atomic E-state index is 0.212. The highest BCUT2D eigenvalue weighted by Crippen LogP contribution is 2.33. The first-order valence-corrected chi connectivity index (χ1v) is 5.38. The number of carbonyl (C=O) groups is 1. The molecule has 1 aromatic rings. The van der Waals surface area contributed by atoms with Crippen molar-refractivity contribution in [2.24, 2.45) is 0 Å². The van der Waals surface area contributed by atoms with Crippen molar-refractivity contribution >= 4 is 5.78 Å². The Labute approximate surface area is 105 Å². The molecule has 19 heavy (non-hydrogen) atoms. The number of halogens is 1. The highest BCUT2D eigenvalue weighted by atomic mass is 19.1. The number of nitrogens with zero attached hydrogens (tertiary/aromatic N) is 1. The number of nitrogens with one attached hydrogen (secondary N) is 1. The molecule has 0 amide bonds. The number of hydrogen-bond donors (Lipinski definition) is 2. The van der Waals surface area contributed by atoms with Gasteiger partial charge in [0.25, 0.3) is 5.56 Å². The zero-order chi connectivity index (χ0) is 14.2. The number of methoxy groups -OCH3 is 1. The van der Waals surface area contributed by atoms with Gasteiger partial charge in [-0.1, -0.05) is 0 Å². The number of aromatic amines is 1. The molecule has 0 aromatic carbocycles. The van der Waals surface area contributed by atoms with Gasteiger partial charge in [-0.2, -0.15) is 0 Å². The molecule has 0 saturated carbocycles. The fraction of sp³-hybridized carbons (Fsp3) is 0.364. The molecule has 1 heterocycles. The lowest BCUT2D eigenvalue weighted by molar-refractivity contribution is -0.126. The smallest absolute Gasteiger partial charge is 0.329 e. The van der Waals surface area contributed by atoms with Gasteiger partial charge in [-0.15, -0.1) is 0 Å². The van der Waals surface area contributed by atoms with Crippen LogP contribution in [0.2, 0.25) is 0 Å². The Morgan fingerprint density at radius 2 is 2.16 bits per heavy atom. The molecular formula is C11H11FN2O5. The Kier molecular flexibility index (Phi) is 3.45. The number of Topliss-reactive ketones (excluding diaryl/α,β-unsaturated/α-hetero) is 1. The highest BCUT2D eigenvalue weighted by Gasteiger charge is 2.42. The fourth-order valence-electron chi connectivity index (χ4n) is 1.95. The Hall–Kier alpha value is -2.06. The number of aliphatic hydroxyl groups excluding tert-OH is 1. The van der Waals surface area contributed by atoms with E-state index in [-0.39, 0.29) is 12.2 Å². The van der Waals surface area contributed by atoms with Gasteiger partial charge in [0.2, 0.25) is 0 Å². The summed E-state index contributed by atoms with van der Waals surface area (Å²) in [5.41, 5.74) is -1.80. The summed E-state index contributed by atoms with van der Waals surface area (Å²) in [5.74, 6) is -1.81. The van der Waals surface area contributed by atoms with E-state index in [9.17, 15) is 23.9 Å². The zero-order valence-electron chi connectivity index (χ0n) is 9.92. The first kappa shape index (κ1) is 13.4. The third-order valence-electron chi connectivity index (χ3n) is 2.85. The van der Waals surface area contributed by atoms with E-state index in [2.05, 4.69) is 0 Å². The van der Waals surface area contributed by atoms with Gasteiger partial charge >= 0.3 is 5.69 Å². The second-order valence-corrected chi connectivity index (χ2v) is 4.03. The van der Waals surface area contributed by atoms with E-state index in [1.54, 1.807) is 0 Å². The fourth-order valence-corrected chi connectivity index (χ4v) is 1.95. The molecule has 0 saturated heterocycles. The summed E-state index contributed by atoms with van der Waals surface area (Å²) in [6, 6.07) is -0.577. The quantitative estimate of drug-likeness (QED) is 0.725. The molecular weight excluding hydrogens is 259 g/mol. The molecule has 2 rings (SSSR count). The number of allylic oxidation sites excluding steroid dienone is 1. The van der Waals surface area contributed by atoms with Crippen molar-refractivity contribution in [1.29, 1.82) is 0 Å². The number of aliphatic hydroxyl groups is 1. The van der Waals surface area contributed by atoms with Crippen LogP contribution in [-0.4, -0.2) is 40.3 Å². The lowest BCUT2D eigenvalue weighted by atomic mass is 10.2. The maximum atomic E-state index is 14.1. The van der Waals surface area contributed by atoms with Crippen molar-refractivity contribution in [2.45, 2.75) is 12.1 Å². The molecule has 0 aliphatic heterocycles. The Morgan fingerprint density at radius 1 is 1.47 bits per heavy atom. The minimum Gasteiger partial charge on any atom is -0.381 e. The highest BCUT2D eigenvalue weighted by molar-refractivity contribution is 5.95. The Bertz CT molecular complexity index is 660. The number of aromatic nitrogens is 2. The van der Waals surface area contributed by atoms with Crippen molar-refractivity contribution in [1.82, 2.24) is 9.55 Å². The Balaban J connectivity index is 2.53. The van der Waals surface area contributed by atoms with Gasteiger partial charge in [0.1, 0.15) is 11.9 Å². The zero-order valence-corrected chi connectivity index (χ0v) is 9.92. The van der Waals surface area contributed by atoms with Gasteiger partial charge in [0.05, 0.1) is 6.61 Å². The maximum absolute atomic E-state index is 14.1. The standard InChI is InChI=1S/C11H11FN2O5/c1-19-4-5-7(12)8(10(17)9(5)16)14-3-2-6(15)13-11(14)18/h2-3,8-9,16H,4H2,1H3,(H,13,15,18)/t8?,9-/m1/s1. The lowest BCUT2D eigenvalue weighted by Gasteiger charge is -2.11. The van der Waals surface area contributed by atoms with E-state index in [0.717, 1.165) is 16.8 Å². The molecule has 0 spiro atoms. The number of H-pyrrole nitrogens is 1. The average Bonchev–Trinajstić information content (AvgIpc) is 2.55. The van der Waals surface area contributed by atoms with E-state index in [1.807, 2.05) is 4.98 Å². The van der Waals surface area contributed by atoms with Crippen LogP contribution in [0.3, 0.4) is 0 Å². The topological polar surface area (TPSA) is 101 Å². The SMILES string of the molecule is COCC1=C(F)C(n2ccc(=O)[nH]c2=O)C(=O)[C@@H]1O. The summed E-state index contributed by atoms with van der Waals surface area (Å²) < 4.78 is 19.5. The summed E-state index contributed by atoms with van der Waals surface area (Å²) in [5, 5.41) is 9.62. The van der Waals surface area contributed by atoms with Gasteiger partial charge in [-0.05, 0) is 0 Å². The van der Waals surface area contributed by atoms with E-state index < -0.39 is 35.0 Å². The molecule has 0 radical (unpaired) electrons. The summed E-state index contributed by atoms with van der Waals surface area (Å²) in [4.78, 5) is 36.2. The van der Waals surface area contributed by atoms with Gasteiger partial charge in [0, 0.05) is 24.9 Å². The van der Waals surface area contributed by atoms with Gasteiger partial charge in [-0.25, -0.2) is 9.18 Å². The molecule has 1 aliphatic carbocycles. The van der Waals surface area contributed by atoms with Crippen LogP contribution in [0.15, 0.2) is 33.3 Å². The predicted octanol–water partition coefficient (Wildman–Crippen LogP) is -1.11. The van der Waals surface area contributed by atoms with Gasteiger partial charge < -0.3 is 9.84 Å². The third kappa shape index (κ3) is 2.15. The van der Waals surface area contributed by atoms with Gasteiger partial charge in [0.15, 0.2) is 11.8 Å². The Morgan fingerprint density at radius 3 is 2.74 bits per heavy atom. The summed E-state index contributed by atoms with van der Waals surface area (Å²) in [6.07, 6.45) is -0.644. The second kappa shape index (κ2) is 4.90. The summed E-state index contributed by atoms with van der Waals surface area (Å²) >= 11 is 0. The molecule has 102 valence electrons. The van der Waals surface area contributed by atoms with Crippen LogP contribution in [0, 0.1) is 0 Å². The normalized spacial score (nSPS) is 23.2. The molecule has 0 bridgehead atoms.